The molecular formula is C30H52N2. The lowest BCUT2D eigenvalue weighted by molar-refractivity contribution is 0.150. The zero-order chi connectivity index (χ0) is 22.7. The molecule has 0 bridgehead atoms. The second-order valence-electron chi connectivity index (χ2n) is 9.86. The predicted octanol–water partition coefficient (Wildman–Crippen LogP) is 9.45. The van der Waals surface area contributed by atoms with E-state index in [9.17, 15) is 0 Å². The Morgan fingerprint density at radius 2 is 0.875 bits per heavy atom. The Labute approximate surface area is 200 Å². The monoisotopic (exact) mass is 440 g/mol. The van der Waals surface area contributed by atoms with E-state index in [0.717, 1.165) is 0 Å². The molecular weight excluding hydrogens is 388 g/mol. The van der Waals surface area contributed by atoms with Gasteiger partial charge in [0.25, 0.3) is 0 Å². The van der Waals surface area contributed by atoms with Crippen LogP contribution in [-0.4, -0.2) is 22.9 Å². The van der Waals surface area contributed by atoms with Gasteiger partial charge in [0, 0.05) is 25.5 Å². The van der Waals surface area contributed by atoms with Gasteiger partial charge < -0.3 is 9.80 Å². The highest BCUT2D eigenvalue weighted by Gasteiger charge is 2.26. The second-order valence-corrected chi connectivity index (χ2v) is 9.86. The first kappa shape index (κ1) is 26.8. The van der Waals surface area contributed by atoms with Gasteiger partial charge in [-0.2, -0.15) is 0 Å². The molecule has 1 unspecified atom stereocenters. The third kappa shape index (κ3) is 10.9. The summed E-state index contributed by atoms with van der Waals surface area (Å²) in [4.78, 5) is 5.12. The Kier molecular flexibility index (Phi) is 15.1. The van der Waals surface area contributed by atoms with E-state index in [1.807, 2.05) is 0 Å². The van der Waals surface area contributed by atoms with Crippen LogP contribution in [0, 0.1) is 0 Å². The minimum Gasteiger partial charge on any atom is -0.352 e. The van der Waals surface area contributed by atoms with Crippen molar-refractivity contribution in [1.29, 1.82) is 0 Å². The normalized spacial score (nSPS) is 15.8. The van der Waals surface area contributed by atoms with Crippen LogP contribution in [0.1, 0.15) is 135 Å². The minimum absolute atomic E-state index is 0.398. The van der Waals surface area contributed by atoms with Crippen LogP contribution in [0.2, 0.25) is 0 Å². The molecule has 0 aromatic heterocycles. The van der Waals surface area contributed by atoms with Crippen LogP contribution in [0.25, 0.3) is 0 Å². The van der Waals surface area contributed by atoms with E-state index in [1.165, 1.54) is 128 Å². The molecule has 0 aliphatic carbocycles. The molecule has 182 valence electrons. The lowest BCUT2D eigenvalue weighted by Gasteiger charge is -2.33. The number of benzene rings is 1. The van der Waals surface area contributed by atoms with Crippen molar-refractivity contribution in [2.75, 3.05) is 13.1 Å². The zero-order valence-corrected chi connectivity index (χ0v) is 21.4. The summed E-state index contributed by atoms with van der Waals surface area (Å²) in [7, 11) is 0. The molecule has 0 saturated heterocycles. The summed E-state index contributed by atoms with van der Waals surface area (Å²) >= 11 is 0. The first-order valence-electron chi connectivity index (χ1n) is 14.1. The highest BCUT2D eigenvalue weighted by Crippen LogP contribution is 2.31. The van der Waals surface area contributed by atoms with Crippen LogP contribution in [0.3, 0.4) is 0 Å². The van der Waals surface area contributed by atoms with Crippen LogP contribution in [0.4, 0.5) is 0 Å². The van der Waals surface area contributed by atoms with E-state index in [0.29, 0.717) is 6.17 Å². The molecule has 1 aliphatic rings. The Morgan fingerprint density at radius 3 is 1.34 bits per heavy atom. The fraction of sp³-hybridized carbons (Fsp3) is 0.733. The summed E-state index contributed by atoms with van der Waals surface area (Å²) in [6.07, 6.45) is 28.9. The van der Waals surface area contributed by atoms with Crippen molar-refractivity contribution in [3.8, 4) is 0 Å². The highest BCUT2D eigenvalue weighted by molar-refractivity contribution is 5.21. The van der Waals surface area contributed by atoms with Gasteiger partial charge in [-0.3, -0.25) is 0 Å². The molecule has 1 atom stereocenters. The number of hydrogen-bond acceptors (Lipinski definition) is 2. The summed E-state index contributed by atoms with van der Waals surface area (Å²) in [5, 5.41) is 0. The van der Waals surface area contributed by atoms with Gasteiger partial charge in [-0.25, -0.2) is 0 Å². The van der Waals surface area contributed by atoms with Crippen molar-refractivity contribution >= 4 is 0 Å². The Hall–Kier alpha value is -1.44. The van der Waals surface area contributed by atoms with Crippen molar-refractivity contribution in [1.82, 2.24) is 9.80 Å². The Morgan fingerprint density at radius 1 is 0.500 bits per heavy atom. The van der Waals surface area contributed by atoms with Gasteiger partial charge in [-0.1, -0.05) is 140 Å². The molecule has 0 fully saturated rings. The highest BCUT2D eigenvalue weighted by atomic mass is 15.4. The molecule has 0 amide bonds. The first-order valence-corrected chi connectivity index (χ1v) is 14.1. The third-order valence-corrected chi connectivity index (χ3v) is 6.97. The topological polar surface area (TPSA) is 6.48 Å². The lowest BCUT2D eigenvalue weighted by atomic mass is 10.0. The van der Waals surface area contributed by atoms with Crippen LogP contribution < -0.4 is 0 Å². The summed E-state index contributed by atoms with van der Waals surface area (Å²) < 4.78 is 0. The first-order chi connectivity index (χ1) is 15.9. The molecule has 2 heteroatoms. The van der Waals surface area contributed by atoms with Crippen LogP contribution in [0.15, 0.2) is 42.7 Å². The maximum atomic E-state index is 2.57. The molecule has 0 radical (unpaired) electrons. The number of unbranched alkanes of at least 4 members (excludes halogenated alkanes) is 15. The van der Waals surface area contributed by atoms with Gasteiger partial charge in [0.1, 0.15) is 6.17 Å². The third-order valence-electron chi connectivity index (χ3n) is 6.97. The standard InChI is InChI=1S/C30H52N2/c1-3-5-7-8-9-10-11-12-13-14-15-16-17-22-26-32-28-27-31(25-21-6-4-2)30(32)29-23-19-18-20-24-29/h18-20,23-24,27-28,30H,3-17,21-22,25-26H2,1-2H3. The smallest absolute Gasteiger partial charge is 0.127 e. The molecule has 1 aromatic rings. The Balaban J connectivity index is 1.54. The summed E-state index contributed by atoms with van der Waals surface area (Å²) in [5.41, 5.74) is 1.43. The van der Waals surface area contributed by atoms with Crippen LogP contribution in [-0.2, 0) is 0 Å². The van der Waals surface area contributed by atoms with E-state index < -0.39 is 0 Å². The van der Waals surface area contributed by atoms with E-state index >= 15 is 0 Å². The molecule has 1 aliphatic heterocycles. The van der Waals surface area contributed by atoms with Gasteiger partial charge in [-0.15, -0.1) is 0 Å². The Bertz CT molecular complexity index is 567. The number of hydrogen-bond donors (Lipinski definition) is 0. The molecule has 1 aromatic carbocycles. The summed E-state index contributed by atoms with van der Waals surface area (Å²) in [6, 6.07) is 11.1. The number of rotatable bonds is 20. The van der Waals surface area contributed by atoms with Crippen molar-refractivity contribution in [3.63, 3.8) is 0 Å². The maximum Gasteiger partial charge on any atom is 0.127 e. The van der Waals surface area contributed by atoms with E-state index in [-0.39, 0.29) is 0 Å². The fourth-order valence-corrected chi connectivity index (χ4v) is 4.96. The van der Waals surface area contributed by atoms with Crippen molar-refractivity contribution in [2.45, 2.75) is 129 Å². The second kappa shape index (κ2) is 18.0. The van der Waals surface area contributed by atoms with Crippen molar-refractivity contribution in [2.24, 2.45) is 0 Å². The van der Waals surface area contributed by atoms with Gasteiger partial charge in [-0.05, 0) is 18.4 Å². The molecule has 0 N–H and O–H groups in total. The van der Waals surface area contributed by atoms with Crippen molar-refractivity contribution in [3.05, 3.63) is 48.3 Å². The quantitative estimate of drug-likeness (QED) is 0.186. The fourth-order valence-electron chi connectivity index (χ4n) is 4.96. The van der Waals surface area contributed by atoms with E-state index in [1.54, 1.807) is 0 Å². The molecule has 0 spiro atoms. The minimum atomic E-state index is 0.398. The van der Waals surface area contributed by atoms with Crippen molar-refractivity contribution < 1.29 is 0 Å². The summed E-state index contributed by atoms with van der Waals surface area (Å²) in [5.74, 6) is 0. The van der Waals surface area contributed by atoms with Gasteiger partial charge in [0.2, 0.25) is 0 Å². The van der Waals surface area contributed by atoms with Gasteiger partial charge in [0.05, 0.1) is 0 Å². The average molecular weight is 441 g/mol. The predicted molar refractivity (Wildman–Crippen MR) is 142 cm³/mol. The molecule has 1 heterocycles. The summed E-state index contributed by atoms with van der Waals surface area (Å²) in [6.45, 7) is 6.93. The SMILES string of the molecule is CCCCCCCCCCCCCCCCN1C=CN(CCCCC)C1c1ccccc1. The van der Waals surface area contributed by atoms with Crippen LogP contribution in [0.5, 0.6) is 0 Å². The number of nitrogens with zero attached hydrogens (tertiary/aromatic N) is 2. The largest absolute Gasteiger partial charge is 0.352 e. The molecule has 32 heavy (non-hydrogen) atoms. The van der Waals surface area contributed by atoms with E-state index in [2.05, 4.69) is 66.4 Å². The maximum absolute atomic E-state index is 2.57. The van der Waals surface area contributed by atoms with Gasteiger partial charge in [0.15, 0.2) is 0 Å². The zero-order valence-electron chi connectivity index (χ0n) is 21.4. The lowest BCUT2D eigenvalue weighted by Crippen LogP contribution is -2.32. The van der Waals surface area contributed by atoms with E-state index in [4.69, 9.17) is 0 Å². The molecule has 2 nitrogen and oxygen atoms in total. The molecule has 2 rings (SSSR count). The average Bonchev–Trinajstić information content (AvgIpc) is 3.22. The van der Waals surface area contributed by atoms with Crippen LogP contribution >= 0.6 is 0 Å². The molecule has 0 saturated carbocycles. The van der Waals surface area contributed by atoms with Gasteiger partial charge >= 0.3 is 0 Å².